The quantitative estimate of drug-likeness (QED) is 0.834. The standard InChI is InChI=1S/C22H26N2O4/c1-27-19-8-5-7-17(14-19)22(26)24-12-10-16(11-13-24)21(25)23-15-18-6-3-4-9-20(18)28-2/h3-9,14,16H,10-13,15H2,1-2H3,(H,23,25). The Morgan fingerprint density at radius 1 is 1.04 bits per heavy atom. The smallest absolute Gasteiger partial charge is 0.253 e. The van der Waals surface area contributed by atoms with Gasteiger partial charge in [0.1, 0.15) is 11.5 Å². The summed E-state index contributed by atoms with van der Waals surface area (Å²) in [6, 6.07) is 14.8. The molecule has 0 aliphatic carbocycles. The van der Waals surface area contributed by atoms with Gasteiger partial charge in [-0.3, -0.25) is 9.59 Å². The monoisotopic (exact) mass is 382 g/mol. The van der Waals surface area contributed by atoms with Gasteiger partial charge in [0.05, 0.1) is 14.2 Å². The molecule has 1 fully saturated rings. The van der Waals surface area contributed by atoms with Gasteiger partial charge in [-0.2, -0.15) is 0 Å². The number of likely N-dealkylation sites (tertiary alicyclic amines) is 1. The van der Waals surface area contributed by atoms with Crippen LogP contribution in [0.25, 0.3) is 0 Å². The van der Waals surface area contributed by atoms with Gasteiger partial charge in [0.2, 0.25) is 5.91 Å². The molecular formula is C22H26N2O4. The Morgan fingerprint density at radius 3 is 2.50 bits per heavy atom. The fraction of sp³-hybridized carbons (Fsp3) is 0.364. The van der Waals surface area contributed by atoms with Crippen LogP contribution in [0.5, 0.6) is 11.5 Å². The second kappa shape index (κ2) is 9.26. The first-order valence-corrected chi connectivity index (χ1v) is 9.45. The summed E-state index contributed by atoms with van der Waals surface area (Å²) in [5, 5.41) is 3.00. The van der Waals surface area contributed by atoms with Crippen LogP contribution in [0.3, 0.4) is 0 Å². The van der Waals surface area contributed by atoms with Gasteiger partial charge >= 0.3 is 0 Å². The molecule has 0 saturated carbocycles. The average molecular weight is 382 g/mol. The molecule has 1 heterocycles. The molecule has 3 rings (SSSR count). The molecule has 0 aromatic heterocycles. The summed E-state index contributed by atoms with van der Waals surface area (Å²) in [5.41, 5.74) is 1.56. The Balaban J connectivity index is 1.51. The van der Waals surface area contributed by atoms with Crippen molar-refractivity contribution in [3.63, 3.8) is 0 Å². The molecule has 0 bridgehead atoms. The highest BCUT2D eigenvalue weighted by atomic mass is 16.5. The van der Waals surface area contributed by atoms with Gasteiger partial charge in [-0.15, -0.1) is 0 Å². The number of carbonyl (C=O) groups excluding carboxylic acids is 2. The van der Waals surface area contributed by atoms with Gasteiger partial charge < -0.3 is 19.7 Å². The lowest BCUT2D eigenvalue weighted by atomic mass is 9.95. The molecule has 2 amide bonds. The zero-order chi connectivity index (χ0) is 19.9. The highest BCUT2D eigenvalue weighted by molar-refractivity contribution is 5.94. The number of carbonyl (C=O) groups is 2. The van der Waals surface area contributed by atoms with E-state index >= 15 is 0 Å². The molecule has 0 unspecified atom stereocenters. The van der Waals surface area contributed by atoms with E-state index < -0.39 is 0 Å². The maximum Gasteiger partial charge on any atom is 0.253 e. The van der Waals surface area contributed by atoms with E-state index in [1.54, 1.807) is 31.3 Å². The molecule has 6 nitrogen and oxygen atoms in total. The van der Waals surface area contributed by atoms with Crippen LogP contribution >= 0.6 is 0 Å². The second-order valence-corrected chi connectivity index (χ2v) is 6.83. The lowest BCUT2D eigenvalue weighted by Crippen LogP contribution is -2.42. The molecule has 28 heavy (non-hydrogen) atoms. The number of para-hydroxylation sites is 1. The Labute approximate surface area is 165 Å². The molecule has 1 aliphatic heterocycles. The number of rotatable bonds is 6. The summed E-state index contributed by atoms with van der Waals surface area (Å²) in [5.74, 6) is 1.35. The number of hydrogen-bond acceptors (Lipinski definition) is 4. The van der Waals surface area contributed by atoms with Gasteiger partial charge in [-0.1, -0.05) is 24.3 Å². The van der Waals surface area contributed by atoms with Crippen molar-refractivity contribution in [2.45, 2.75) is 19.4 Å². The van der Waals surface area contributed by atoms with Crippen molar-refractivity contribution in [1.82, 2.24) is 10.2 Å². The Hall–Kier alpha value is -3.02. The number of benzene rings is 2. The Morgan fingerprint density at radius 2 is 1.79 bits per heavy atom. The van der Waals surface area contributed by atoms with E-state index in [4.69, 9.17) is 9.47 Å². The van der Waals surface area contributed by atoms with Gasteiger partial charge in [0, 0.05) is 36.7 Å². The minimum Gasteiger partial charge on any atom is -0.497 e. The number of piperidine rings is 1. The van der Waals surface area contributed by atoms with E-state index in [1.165, 1.54) is 0 Å². The number of ether oxygens (including phenoxy) is 2. The first-order chi connectivity index (χ1) is 13.6. The lowest BCUT2D eigenvalue weighted by molar-refractivity contribution is -0.126. The largest absolute Gasteiger partial charge is 0.497 e. The number of methoxy groups -OCH3 is 2. The third-order valence-corrected chi connectivity index (χ3v) is 5.12. The predicted octanol–water partition coefficient (Wildman–Crippen LogP) is 2.87. The fourth-order valence-electron chi connectivity index (χ4n) is 3.46. The van der Waals surface area contributed by atoms with Crippen LogP contribution in [0.15, 0.2) is 48.5 Å². The third kappa shape index (κ3) is 4.63. The normalized spacial score (nSPS) is 14.4. The van der Waals surface area contributed by atoms with Gasteiger partial charge in [-0.05, 0) is 37.1 Å². The highest BCUT2D eigenvalue weighted by Crippen LogP contribution is 2.22. The molecule has 0 atom stereocenters. The van der Waals surface area contributed by atoms with Gasteiger partial charge in [0.15, 0.2) is 0 Å². The van der Waals surface area contributed by atoms with E-state index in [0.29, 0.717) is 43.8 Å². The van der Waals surface area contributed by atoms with Crippen molar-refractivity contribution in [2.24, 2.45) is 5.92 Å². The average Bonchev–Trinajstić information content (AvgIpc) is 2.77. The van der Waals surface area contributed by atoms with Crippen molar-refractivity contribution in [1.29, 1.82) is 0 Å². The number of nitrogens with zero attached hydrogens (tertiary/aromatic N) is 1. The summed E-state index contributed by atoms with van der Waals surface area (Å²) in [6.07, 6.45) is 1.32. The van der Waals surface area contributed by atoms with Crippen LogP contribution in [-0.2, 0) is 11.3 Å². The van der Waals surface area contributed by atoms with Crippen LogP contribution in [0.2, 0.25) is 0 Å². The number of nitrogens with one attached hydrogen (secondary N) is 1. The fourth-order valence-corrected chi connectivity index (χ4v) is 3.46. The molecule has 0 spiro atoms. The summed E-state index contributed by atoms with van der Waals surface area (Å²) in [4.78, 5) is 27.0. The number of hydrogen-bond donors (Lipinski definition) is 1. The van der Waals surface area contributed by atoms with E-state index in [1.807, 2.05) is 36.4 Å². The molecule has 1 aliphatic rings. The summed E-state index contributed by atoms with van der Waals surface area (Å²) in [6.45, 7) is 1.58. The molecule has 1 saturated heterocycles. The molecule has 2 aromatic carbocycles. The minimum absolute atomic E-state index is 0.0215. The van der Waals surface area contributed by atoms with Crippen molar-refractivity contribution >= 4 is 11.8 Å². The van der Waals surface area contributed by atoms with Crippen LogP contribution in [-0.4, -0.2) is 44.0 Å². The van der Waals surface area contributed by atoms with Crippen LogP contribution in [0.4, 0.5) is 0 Å². The first-order valence-electron chi connectivity index (χ1n) is 9.45. The molecular weight excluding hydrogens is 356 g/mol. The summed E-state index contributed by atoms with van der Waals surface area (Å²) in [7, 11) is 3.20. The van der Waals surface area contributed by atoms with Gasteiger partial charge in [-0.25, -0.2) is 0 Å². The van der Waals surface area contributed by atoms with Crippen LogP contribution in [0.1, 0.15) is 28.8 Å². The topological polar surface area (TPSA) is 67.9 Å². The number of amides is 2. The van der Waals surface area contributed by atoms with Crippen molar-refractivity contribution in [2.75, 3.05) is 27.3 Å². The lowest BCUT2D eigenvalue weighted by Gasteiger charge is -2.31. The van der Waals surface area contributed by atoms with Crippen molar-refractivity contribution in [3.8, 4) is 11.5 Å². The zero-order valence-corrected chi connectivity index (χ0v) is 16.3. The summed E-state index contributed by atoms with van der Waals surface area (Å²) >= 11 is 0. The minimum atomic E-state index is -0.0796. The Kier molecular flexibility index (Phi) is 6.53. The zero-order valence-electron chi connectivity index (χ0n) is 16.3. The Bertz CT molecular complexity index is 829. The van der Waals surface area contributed by atoms with Crippen LogP contribution in [0, 0.1) is 5.92 Å². The molecule has 0 radical (unpaired) electrons. The van der Waals surface area contributed by atoms with E-state index in [9.17, 15) is 9.59 Å². The van der Waals surface area contributed by atoms with Crippen molar-refractivity contribution in [3.05, 3.63) is 59.7 Å². The maximum absolute atomic E-state index is 12.7. The van der Waals surface area contributed by atoms with E-state index in [2.05, 4.69) is 5.32 Å². The first kappa shape index (κ1) is 19.7. The maximum atomic E-state index is 12.7. The summed E-state index contributed by atoms with van der Waals surface area (Å²) < 4.78 is 10.5. The van der Waals surface area contributed by atoms with E-state index in [-0.39, 0.29) is 17.7 Å². The molecule has 1 N–H and O–H groups in total. The van der Waals surface area contributed by atoms with Gasteiger partial charge in [0.25, 0.3) is 5.91 Å². The third-order valence-electron chi connectivity index (χ3n) is 5.12. The molecule has 2 aromatic rings. The highest BCUT2D eigenvalue weighted by Gasteiger charge is 2.28. The molecule has 6 heteroatoms. The predicted molar refractivity (Wildman–Crippen MR) is 106 cm³/mol. The second-order valence-electron chi connectivity index (χ2n) is 6.83. The SMILES string of the molecule is COc1cccc(C(=O)N2CCC(C(=O)NCc3ccccc3OC)CC2)c1. The van der Waals surface area contributed by atoms with Crippen molar-refractivity contribution < 1.29 is 19.1 Å². The molecule has 148 valence electrons. The van der Waals surface area contributed by atoms with E-state index in [0.717, 1.165) is 11.3 Å². The van der Waals surface area contributed by atoms with Crippen LogP contribution < -0.4 is 14.8 Å².